The first-order chi connectivity index (χ1) is 16.3. The minimum Gasteiger partial charge on any atom is -0.455 e. The van der Waals surface area contributed by atoms with Crippen LogP contribution in [0.3, 0.4) is 0 Å². The van der Waals surface area contributed by atoms with Crippen molar-refractivity contribution < 1.29 is 22.4 Å². The number of para-hydroxylation sites is 1. The van der Waals surface area contributed by atoms with Crippen molar-refractivity contribution in [3.63, 3.8) is 0 Å². The summed E-state index contributed by atoms with van der Waals surface area (Å²) < 4.78 is 45.1. The van der Waals surface area contributed by atoms with Gasteiger partial charge in [-0.05, 0) is 62.4 Å². The summed E-state index contributed by atoms with van der Waals surface area (Å²) in [6.45, 7) is 2.47. The number of fused-ring (bicyclic) bond motifs is 2. The Labute approximate surface area is 195 Å². The molecule has 0 unspecified atom stereocenters. The van der Waals surface area contributed by atoms with Crippen LogP contribution in [-0.2, 0) is 19.0 Å². The summed E-state index contributed by atoms with van der Waals surface area (Å²) >= 11 is 0. The van der Waals surface area contributed by atoms with E-state index in [9.17, 15) is 18.0 Å². The van der Waals surface area contributed by atoms with E-state index in [0.29, 0.717) is 42.2 Å². The molecule has 0 radical (unpaired) electrons. The zero-order chi connectivity index (χ0) is 23.9. The second-order valence-corrected chi connectivity index (χ2v) is 8.65. The standard InChI is InChI=1S/C26H24F3N3O2/c1-16-23-20(31-30-19-10-4-9-18(15-19)26(27,28)29)11-5-13-22(23)34-24(16)25(33)32-14-6-8-17-7-2-3-12-21(17)32/h2-4,7,9-10,12,15,30H,5-6,8,11,13-14H2,1H3/b31-20+. The van der Waals surface area contributed by atoms with Gasteiger partial charge in [-0.25, -0.2) is 0 Å². The molecule has 176 valence electrons. The van der Waals surface area contributed by atoms with Crippen LogP contribution in [0.25, 0.3) is 0 Å². The third kappa shape index (κ3) is 4.08. The molecule has 2 aromatic carbocycles. The molecule has 8 heteroatoms. The molecule has 0 spiro atoms. The number of hydrogen-bond donors (Lipinski definition) is 1. The minimum absolute atomic E-state index is 0.177. The molecule has 1 aliphatic heterocycles. The zero-order valence-corrected chi connectivity index (χ0v) is 18.7. The van der Waals surface area contributed by atoms with Crippen LogP contribution < -0.4 is 10.3 Å². The van der Waals surface area contributed by atoms with Gasteiger partial charge in [-0.3, -0.25) is 10.2 Å². The summed E-state index contributed by atoms with van der Waals surface area (Å²) in [5.74, 6) is 0.821. The summed E-state index contributed by atoms with van der Waals surface area (Å²) in [7, 11) is 0. The van der Waals surface area contributed by atoms with Gasteiger partial charge in [0.15, 0.2) is 5.76 Å². The molecule has 0 atom stereocenters. The van der Waals surface area contributed by atoms with Gasteiger partial charge in [0, 0.05) is 29.8 Å². The van der Waals surface area contributed by atoms with E-state index in [1.807, 2.05) is 31.2 Å². The first-order valence-corrected chi connectivity index (χ1v) is 11.3. The summed E-state index contributed by atoms with van der Waals surface area (Å²) in [5, 5.41) is 4.41. The number of nitrogens with zero attached hydrogens (tertiary/aromatic N) is 2. The fourth-order valence-electron chi connectivity index (χ4n) is 4.75. The lowest BCUT2D eigenvalue weighted by molar-refractivity contribution is -0.137. The highest BCUT2D eigenvalue weighted by Crippen LogP contribution is 2.34. The maximum atomic E-state index is 13.5. The normalized spacial score (nSPS) is 16.8. The first kappa shape index (κ1) is 22.3. The van der Waals surface area contributed by atoms with Crippen LogP contribution in [0.15, 0.2) is 58.0 Å². The van der Waals surface area contributed by atoms with Gasteiger partial charge in [0.25, 0.3) is 5.91 Å². The quantitative estimate of drug-likeness (QED) is 0.457. The van der Waals surface area contributed by atoms with Crippen molar-refractivity contribution in [2.75, 3.05) is 16.9 Å². The van der Waals surface area contributed by atoms with Crippen LogP contribution in [0.2, 0.25) is 0 Å². The topological polar surface area (TPSA) is 57.8 Å². The number of nitrogens with one attached hydrogen (secondary N) is 1. The van der Waals surface area contributed by atoms with Crippen LogP contribution in [0.1, 0.15) is 57.8 Å². The van der Waals surface area contributed by atoms with Crippen molar-refractivity contribution in [1.29, 1.82) is 0 Å². The van der Waals surface area contributed by atoms with Crippen molar-refractivity contribution in [2.24, 2.45) is 5.10 Å². The fourth-order valence-corrected chi connectivity index (χ4v) is 4.75. The number of benzene rings is 2. The lowest BCUT2D eigenvalue weighted by atomic mass is 9.93. The molecule has 34 heavy (non-hydrogen) atoms. The van der Waals surface area contributed by atoms with Crippen molar-refractivity contribution in [1.82, 2.24) is 0 Å². The van der Waals surface area contributed by atoms with Gasteiger partial charge in [-0.1, -0.05) is 24.3 Å². The second kappa shape index (κ2) is 8.66. The monoisotopic (exact) mass is 467 g/mol. The lowest BCUT2D eigenvalue weighted by Gasteiger charge is -2.28. The zero-order valence-electron chi connectivity index (χ0n) is 18.7. The number of hydrazone groups is 1. The van der Waals surface area contributed by atoms with Gasteiger partial charge >= 0.3 is 6.18 Å². The van der Waals surface area contributed by atoms with Crippen molar-refractivity contribution in [2.45, 2.75) is 45.2 Å². The molecule has 5 rings (SSSR count). The van der Waals surface area contributed by atoms with Gasteiger partial charge in [-0.2, -0.15) is 18.3 Å². The summed E-state index contributed by atoms with van der Waals surface area (Å²) in [5.41, 5.74) is 6.49. The SMILES string of the molecule is Cc1c(C(=O)N2CCCc3ccccc32)oc2c1/C(=N/Nc1cccc(C(F)(F)F)c1)CCC2. The average molecular weight is 467 g/mol. The Morgan fingerprint density at radius 3 is 2.71 bits per heavy atom. The maximum Gasteiger partial charge on any atom is 0.416 e. The Balaban J connectivity index is 1.44. The molecule has 0 fully saturated rings. The number of carbonyl (C=O) groups excluding carboxylic acids is 1. The molecule has 2 aliphatic rings. The van der Waals surface area contributed by atoms with E-state index in [2.05, 4.69) is 10.5 Å². The lowest BCUT2D eigenvalue weighted by Crippen LogP contribution is -2.35. The Hall–Kier alpha value is -3.55. The third-order valence-corrected chi connectivity index (χ3v) is 6.39. The summed E-state index contributed by atoms with van der Waals surface area (Å²) in [4.78, 5) is 15.3. The number of alkyl halides is 3. The molecule has 5 nitrogen and oxygen atoms in total. The van der Waals surface area contributed by atoms with Crippen LogP contribution in [0.5, 0.6) is 0 Å². The Kier molecular flexibility index (Phi) is 5.67. The molecule has 3 aromatic rings. The molecule has 2 heterocycles. The van der Waals surface area contributed by atoms with Crippen LogP contribution in [0.4, 0.5) is 24.5 Å². The average Bonchev–Trinajstić information content (AvgIpc) is 3.18. The van der Waals surface area contributed by atoms with Gasteiger partial charge in [0.2, 0.25) is 0 Å². The molecule has 1 amide bonds. The molecular weight excluding hydrogens is 443 g/mol. The van der Waals surface area contributed by atoms with Crippen molar-refractivity contribution >= 4 is 23.0 Å². The number of rotatable bonds is 3. The van der Waals surface area contributed by atoms with E-state index in [1.54, 1.807) is 4.90 Å². The first-order valence-electron chi connectivity index (χ1n) is 11.3. The highest BCUT2D eigenvalue weighted by Gasteiger charge is 2.33. The molecule has 1 aromatic heterocycles. The maximum absolute atomic E-state index is 13.5. The fraction of sp³-hybridized carbons (Fsp3) is 0.308. The molecule has 1 aliphatic carbocycles. The number of furan rings is 1. The third-order valence-electron chi connectivity index (χ3n) is 6.39. The largest absolute Gasteiger partial charge is 0.455 e. The van der Waals surface area contributed by atoms with Crippen molar-refractivity contribution in [3.05, 3.63) is 82.3 Å². The Bertz CT molecular complexity index is 1280. The van der Waals surface area contributed by atoms with Crippen LogP contribution >= 0.6 is 0 Å². The molecule has 0 bridgehead atoms. The van der Waals surface area contributed by atoms with E-state index in [-0.39, 0.29) is 11.6 Å². The number of aryl methyl sites for hydroxylation is 2. The van der Waals surface area contributed by atoms with E-state index in [0.717, 1.165) is 48.2 Å². The van der Waals surface area contributed by atoms with E-state index < -0.39 is 11.7 Å². The van der Waals surface area contributed by atoms with Gasteiger partial charge in [-0.15, -0.1) is 0 Å². The smallest absolute Gasteiger partial charge is 0.416 e. The van der Waals surface area contributed by atoms with Crippen molar-refractivity contribution in [3.8, 4) is 0 Å². The van der Waals surface area contributed by atoms with Crippen LogP contribution in [0, 0.1) is 6.92 Å². The predicted octanol–water partition coefficient (Wildman–Crippen LogP) is 6.35. The predicted molar refractivity (Wildman–Crippen MR) is 124 cm³/mol. The Morgan fingerprint density at radius 2 is 1.88 bits per heavy atom. The summed E-state index contributed by atoms with van der Waals surface area (Å²) in [6.07, 6.45) is -0.501. The second-order valence-electron chi connectivity index (χ2n) is 8.65. The Morgan fingerprint density at radius 1 is 1.06 bits per heavy atom. The van der Waals surface area contributed by atoms with E-state index in [4.69, 9.17) is 4.42 Å². The highest BCUT2D eigenvalue weighted by atomic mass is 19.4. The number of anilines is 2. The van der Waals surface area contributed by atoms with Gasteiger partial charge < -0.3 is 9.32 Å². The van der Waals surface area contributed by atoms with E-state index >= 15 is 0 Å². The van der Waals surface area contributed by atoms with Gasteiger partial charge in [0.1, 0.15) is 5.76 Å². The highest BCUT2D eigenvalue weighted by molar-refractivity contribution is 6.10. The van der Waals surface area contributed by atoms with Crippen LogP contribution in [-0.4, -0.2) is 18.2 Å². The van der Waals surface area contributed by atoms with Gasteiger partial charge in [0.05, 0.1) is 17.0 Å². The number of amides is 1. The number of halogens is 3. The molecule has 0 saturated heterocycles. The number of hydrogen-bond acceptors (Lipinski definition) is 4. The number of carbonyl (C=O) groups is 1. The molecular formula is C26H24F3N3O2. The van der Waals surface area contributed by atoms with E-state index in [1.165, 1.54) is 12.1 Å². The summed E-state index contributed by atoms with van der Waals surface area (Å²) in [6, 6.07) is 12.8. The molecule has 1 N–H and O–H groups in total. The minimum atomic E-state index is -4.42. The molecule has 0 saturated carbocycles.